The third-order valence-electron chi connectivity index (χ3n) is 4.85. The van der Waals surface area contributed by atoms with E-state index in [-0.39, 0.29) is 5.91 Å². The Hall–Kier alpha value is -1.50. The average molecular weight is 439 g/mol. The first-order valence-corrected chi connectivity index (χ1v) is 11.5. The summed E-state index contributed by atoms with van der Waals surface area (Å²) in [7, 11) is 0. The van der Waals surface area contributed by atoms with Crippen molar-refractivity contribution in [3.8, 4) is 0 Å². The molecule has 8 heteroatoms. The van der Waals surface area contributed by atoms with E-state index in [1.165, 1.54) is 31.8 Å². The van der Waals surface area contributed by atoms with Gasteiger partial charge in [-0.2, -0.15) is 0 Å². The smallest absolute Gasteiger partial charge is 0.243 e. The second-order valence-electron chi connectivity index (χ2n) is 6.81. The number of nitrogens with one attached hydrogen (secondary N) is 1. The van der Waals surface area contributed by atoms with Gasteiger partial charge < -0.3 is 9.88 Å². The summed E-state index contributed by atoms with van der Waals surface area (Å²) in [6, 6.07) is 5.78. The Bertz CT molecular complexity index is 847. The van der Waals surface area contributed by atoms with Crippen molar-refractivity contribution in [2.75, 3.05) is 12.8 Å². The van der Waals surface area contributed by atoms with E-state index in [9.17, 15) is 4.79 Å². The van der Waals surface area contributed by atoms with Gasteiger partial charge in [0.05, 0.1) is 10.0 Å². The Balaban J connectivity index is 1.48. The normalized spacial score (nSPS) is 14.8. The van der Waals surface area contributed by atoms with Gasteiger partial charge in [0, 0.05) is 25.1 Å². The number of carbonyl (C=O) groups is 1. The van der Waals surface area contributed by atoms with Crippen LogP contribution in [0.3, 0.4) is 0 Å². The molecule has 1 aliphatic carbocycles. The molecular formula is C20H24Cl2N4OS. The summed E-state index contributed by atoms with van der Waals surface area (Å²) < 4.78 is 2.31. The lowest BCUT2D eigenvalue weighted by Gasteiger charge is -2.16. The van der Waals surface area contributed by atoms with Crippen molar-refractivity contribution in [2.45, 2.75) is 49.7 Å². The molecule has 1 saturated carbocycles. The number of hydrogen-bond donors (Lipinski definition) is 1. The lowest BCUT2D eigenvalue weighted by molar-refractivity contribution is -0.116. The molecule has 1 amide bonds. The summed E-state index contributed by atoms with van der Waals surface area (Å²) in [4.78, 5) is 12.0. The molecule has 0 unspecified atom stereocenters. The molecule has 0 spiro atoms. The highest BCUT2D eigenvalue weighted by atomic mass is 35.5. The van der Waals surface area contributed by atoms with Crippen molar-refractivity contribution in [3.63, 3.8) is 0 Å². The van der Waals surface area contributed by atoms with Crippen molar-refractivity contribution in [2.24, 2.45) is 0 Å². The number of carbonyl (C=O) groups excluding carboxylic acids is 1. The molecule has 1 aromatic heterocycles. The second-order valence-corrected chi connectivity index (χ2v) is 8.40. The lowest BCUT2D eigenvalue weighted by atomic mass is 10.2. The number of rotatable bonds is 8. The van der Waals surface area contributed by atoms with Crippen LogP contribution in [0.4, 0.5) is 0 Å². The molecular weight excluding hydrogens is 415 g/mol. The van der Waals surface area contributed by atoms with E-state index in [4.69, 9.17) is 23.2 Å². The zero-order valence-corrected chi connectivity index (χ0v) is 18.2. The van der Waals surface area contributed by atoms with E-state index in [0.717, 1.165) is 29.4 Å². The van der Waals surface area contributed by atoms with E-state index in [2.05, 4.69) is 20.1 Å². The van der Waals surface area contributed by atoms with E-state index in [0.29, 0.717) is 22.6 Å². The van der Waals surface area contributed by atoms with Crippen LogP contribution in [0.5, 0.6) is 0 Å². The van der Waals surface area contributed by atoms with Crippen molar-refractivity contribution in [1.29, 1.82) is 0 Å². The lowest BCUT2D eigenvalue weighted by Crippen LogP contribution is -2.23. The van der Waals surface area contributed by atoms with Gasteiger partial charge in [0.2, 0.25) is 5.91 Å². The number of thioether (sulfide) groups is 1. The number of nitrogens with zero attached hydrogens (tertiary/aromatic N) is 3. The molecule has 0 aliphatic heterocycles. The molecule has 3 rings (SSSR count). The summed E-state index contributed by atoms with van der Waals surface area (Å²) >= 11 is 13.5. The molecule has 1 heterocycles. The Morgan fingerprint density at radius 1 is 1.29 bits per heavy atom. The summed E-state index contributed by atoms with van der Waals surface area (Å²) in [6.45, 7) is 0.594. The van der Waals surface area contributed by atoms with Crippen LogP contribution in [0, 0.1) is 0 Å². The quantitative estimate of drug-likeness (QED) is 0.350. The van der Waals surface area contributed by atoms with E-state index < -0.39 is 0 Å². The van der Waals surface area contributed by atoms with Crippen LogP contribution < -0.4 is 5.32 Å². The first-order valence-electron chi connectivity index (χ1n) is 9.47. The van der Waals surface area contributed by atoms with Crippen LogP contribution in [0.1, 0.15) is 49.5 Å². The topological polar surface area (TPSA) is 59.8 Å². The maximum absolute atomic E-state index is 12.0. The number of amides is 1. The number of benzene rings is 1. The van der Waals surface area contributed by atoms with Crippen molar-refractivity contribution < 1.29 is 4.79 Å². The minimum absolute atomic E-state index is 0.131. The number of aryl methyl sites for hydroxylation is 1. The first-order chi connectivity index (χ1) is 13.6. The molecule has 150 valence electrons. The fourth-order valence-corrected chi connectivity index (χ4v) is 4.33. The second kappa shape index (κ2) is 10.3. The van der Waals surface area contributed by atoms with Crippen LogP contribution in [-0.2, 0) is 11.2 Å². The van der Waals surface area contributed by atoms with Crippen LogP contribution in [-0.4, -0.2) is 33.5 Å². The van der Waals surface area contributed by atoms with Crippen LogP contribution in [0.2, 0.25) is 10.0 Å². The van der Waals surface area contributed by atoms with E-state index in [1.54, 1.807) is 30.0 Å². The highest BCUT2D eigenvalue weighted by molar-refractivity contribution is 7.98. The number of aromatic nitrogens is 3. The van der Waals surface area contributed by atoms with Gasteiger partial charge in [-0.25, -0.2) is 0 Å². The monoisotopic (exact) mass is 438 g/mol. The van der Waals surface area contributed by atoms with Gasteiger partial charge in [-0.15, -0.1) is 10.2 Å². The fraction of sp³-hybridized carbons (Fsp3) is 0.450. The van der Waals surface area contributed by atoms with Crippen LogP contribution >= 0.6 is 35.0 Å². The summed E-state index contributed by atoms with van der Waals surface area (Å²) in [5, 5.41) is 13.6. The third kappa shape index (κ3) is 5.52. The maximum Gasteiger partial charge on any atom is 0.243 e. The van der Waals surface area contributed by atoms with Gasteiger partial charge in [0.25, 0.3) is 0 Å². The summed E-state index contributed by atoms with van der Waals surface area (Å²) in [5.74, 6) is 0.894. The molecule has 1 aromatic carbocycles. The Labute approximate surface area is 179 Å². The third-order valence-corrected chi connectivity index (χ3v) is 6.24. The molecule has 2 aromatic rings. The van der Waals surface area contributed by atoms with Gasteiger partial charge in [0.1, 0.15) is 5.82 Å². The zero-order valence-electron chi connectivity index (χ0n) is 15.8. The largest absolute Gasteiger partial charge is 0.353 e. The maximum atomic E-state index is 12.0. The molecule has 5 nitrogen and oxygen atoms in total. The number of hydrogen-bond acceptors (Lipinski definition) is 4. The minimum atomic E-state index is -0.131. The predicted octanol–water partition coefficient (Wildman–Crippen LogP) is 5.18. The average Bonchev–Trinajstić information content (AvgIpc) is 3.35. The summed E-state index contributed by atoms with van der Waals surface area (Å²) in [6.07, 6.45) is 11.9. The summed E-state index contributed by atoms with van der Waals surface area (Å²) in [5.41, 5.74) is 0.832. The molecule has 1 aliphatic rings. The van der Waals surface area contributed by atoms with Crippen LogP contribution in [0.25, 0.3) is 6.08 Å². The molecule has 1 fully saturated rings. The van der Waals surface area contributed by atoms with Crippen molar-refractivity contribution in [3.05, 3.63) is 45.7 Å². The van der Waals surface area contributed by atoms with Crippen molar-refractivity contribution in [1.82, 2.24) is 20.1 Å². The molecule has 0 saturated heterocycles. The molecule has 0 bridgehead atoms. The fourth-order valence-electron chi connectivity index (χ4n) is 3.45. The van der Waals surface area contributed by atoms with Gasteiger partial charge in [-0.05, 0) is 49.3 Å². The zero-order chi connectivity index (χ0) is 19.9. The van der Waals surface area contributed by atoms with Gasteiger partial charge >= 0.3 is 0 Å². The van der Waals surface area contributed by atoms with Gasteiger partial charge in [-0.1, -0.05) is 53.9 Å². The standard InChI is InChI=1S/C20H24Cl2N4OS/c1-28-20-25-24-18(26(20)15-5-2-3-6-15)7-4-12-23-19(27)11-9-14-8-10-16(21)17(22)13-14/h8-11,13,15H,2-7,12H2,1H3,(H,23,27). The predicted molar refractivity (Wildman–Crippen MR) is 116 cm³/mol. The van der Waals surface area contributed by atoms with Crippen LogP contribution in [0.15, 0.2) is 29.4 Å². The number of halogens is 2. The Morgan fingerprint density at radius 2 is 2.07 bits per heavy atom. The molecule has 1 N–H and O–H groups in total. The minimum Gasteiger partial charge on any atom is -0.353 e. The van der Waals surface area contributed by atoms with Gasteiger partial charge in [0.15, 0.2) is 5.16 Å². The molecule has 0 atom stereocenters. The van der Waals surface area contributed by atoms with E-state index >= 15 is 0 Å². The Morgan fingerprint density at radius 3 is 2.79 bits per heavy atom. The Kier molecular flexibility index (Phi) is 7.82. The SMILES string of the molecule is CSc1nnc(CCCNC(=O)C=Cc2ccc(Cl)c(Cl)c2)n1C1CCCC1. The highest BCUT2D eigenvalue weighted by Gasteiger charge is 2.23. The van der Waals surface area contributed by atoms with Gasteiger partial charge in [-0.3, -0.25) is 4.79 Å². The highest BCUT2D eigenvalue weighted by Crippen LogP contribution is 2.33. The first kappa shape index (κ1) is 21.2. The van der Waals surface area contributed by atoms with Crippen molar-refractivity contribution >= 4 is 46.9 Å². The molecule has 28 heavy (non-hydrogen) atoms. The van der Waals surface area contributed by atoms with E-state index in [1.807, 2.05) is 12.3 Å². The molecule has 0 radical (unpaired) electrons.